The van der Waals surface area contributed by atoms with Crippen molar-refractivity contribution >= 4 is 70.1 Å². The van der Waals surface area contributed by atoms with Crippen LogP contribution in [0.5, 0.6) is 0 Å². The van der Waals surface area contributed by atoms with Crippen molar-refractivity contribution in [1.29, 1.82) is 0 Å². The molecule has 0 amide bonds. The largest absolute Gasteiger partial charge is 0.308 e. The van der Waals surface area contributed by atoms with E-state index in [0.717, 1.165) is 5.69 Å². The second-order valence-electron chi connectivity index (χ2n) is 14.8. The summed E-state index contributed by atoms with van der Waals surface area (Å²) in [6.45, 7) is 0. The standard InChI is InChI=1S/C56H37NS/c1-3-15-38(16-4-1)43-19-13-20-44(37-43)41-31-29-39(30-32-41)40-33-35-45(36-34-40)57(52-27-14-26-51-48-23-11-12-28-53(48)58-56(51)52)55-50-25-10-8-22-47(50)46-21-7-9-24-49(46)54(55)42-17-5-2-6-18-42/h1-37H. The Bertz CT molecular complexity index is 3250. The summed E-state index contributed by atoms with van der Waals surface area (Å²) in [5.74, 6) is 0. The molecule has 0 N–H and O–H groups in total. The van der Waals surface area contributed by atoms with Crippen molar-refractivity contribution in [2.24, 2.45) is 0 Å². The van der Waals surface area contributed by atoms with Gasteiger partial charge in [0, 0.05) is 32.1 Å². The second-order valence-corrected chi connectivity index (χ2v) is 15.9. The molecule has 0 aliphatic heterocycles. The first-order valence-corrected chi connectivity index (χ1v) is 20.7. The van der Waals surface area contributed by atoms with Gasteiger partial charge in [0.1, 0.15) is 0 Å². The molecule has 272 valence electrons. The quantitative estimate of drug-likeness (QED) is 0.146. The van der Waals surface area contributed by atoms with E-state index in [9.17, 15) is 0 Å². The number of fused-ring (bicyclic) bond motifs is 6. The molecule has 0 aliphatic rings. The molecule has 1 nitrogen and oxygen atoms in total. The van der Waals surface area contributed by atoms with E-state index in [4.69, 9.17) is 0 Å². The van der Waals surface area contributed by atoms with E-state index >= 15 is 0 Å². The van der Waals surface area contributed by atoms with Gasteiger partial charge in [-0.05, 0) is 85.4 Å². The van der Waals surface area contributed by atoms with Crippen molar-refractivity contribution in [3.05, 3.63) is 224 Å². The molecule has 1 aromatic heterocycles. The molecule has 0 spiro atoms. The molecule has 0 unspecified atom stereocenters. The Morgan fingerprint density at radius 1 is 0.293 bits per heavy atom. The smallest absolute Gasteiger partial charge is 0.0640 e. The highest BCUT2D eigenvalue weighted by atomic mass is 32.1. The van der Waals surface area contributed by atoms with Crippen LogP contribution in [0.4, 0.5) is 17.1 Å². The van der Waals surface area contributed by atoms with E-state index < -0.39 is 0 Å². The van der Waals surface area contributed by atoms with Crippen molar-refractivity contribution < 1.29 is 0 Å². The molecular weight excluding hydrogens is 719 g/mol. The summed E-state index contributed by atoms with van der Waals surface area (Å²) in [5.41, 5.74) is 13.1. The van der Waals surface area contributed by atoms with Crippen LogP contribution in [-0.2, 0) is 0 Å². The van der Waals surface area contributed by atoms with Gasteiger partial charge in [-0.2, -0.15) is 0 Å². The minimum Gasteiger partial charge on any atom is -0.308 e. The summed E-state index contributed by atoms with van der Waals surface area (Å²) in [5, 5.41) is 7.52. The first kappa shape index (κ1) is 34.0. The van der Waals surface area contributed by atoms with Gasteiger partial charge >= 0.3 is 0 Å². The molecule has 0 bridgehead atoms. The van der Waals surface area contributed by atoms with E-state index in [1.165, 1.54) is 97.6 Å². The lowest BCUT2D eigenvalue weighted by atomic mass is 9.90. The van der Waals surface area contributed by atoms with E-state index in [1.54, 1.807) is 0 Å². The van der Waals surface area contributed by atoms with Gasteiger partial charge in [-0.15, -0.1) is 11.3 Å². The Kier molecular flexibility index (Phi) is 8.42. The van der Waals surface area contributed by atoms with Crippen molar-refractivity contribution in [2.75, 3.05) is 4.90 Å². The Morgan fingerprint density at radius 3 is 1.41 bits per heavy atom. The zero-order chi connectivity index (χ0) is 38.4. The number of rotatable bonds is 7. The molecule has 11 rings (SSSR count). The van der Waals surface area contributed by atoms with Crippen LogP contribution in [0.15, 0.2) is 224 Å². The maximum atomic E-state index is 2.53. The fourth-order valence-corrected chi connectivity index (χ4v) is 9.92. The van der Waals surface area contributed by atoms with E-state index in [1.807, 2.05) is 11.3 Å². The fraction of sp³-hybridized carbons (Fsp3) is 0. The molecule has 10 aromatic carbocycles. The summed E-state index contributed by atoms with van der Waals surface area (Å²) >= 11 is 1.87. The van der Waals surface area contributed by atoms with Gasteiger partial charge in [-0.25, -0.2) is 0 Å². The van der Waals surface area contributed by atoms with Crippen LogP contribution in [0.1, 0.15) is 0 Å². The average molecular weight is 756 g/mol. The predicted octanol–water partition coefficient (Wildman–Crippen LogP) is 16.5. The molecule has 0 atom stereocenters. The van der Waals surface area contributed by atoms with E-state index in [-0.39, 0.29) is 0 Å². The molecular formula is C56H37NS. The minimum absolute atomic E-state index is 1.11. The van der Waals surface area contributed by atoms with Crippen LogP contribution >= 0.6 is 11.3 Å². The second kappa shape index (κ2) is 14.4. The fourth-order valence-electron chi connectivity index (χ4n) is 8.72. The molecule has 0 radical (unpaired) electrons. The summed E-state index contributed by atoms with van der Waals surface area (Å²) in [7, 11) is 0. The highest BCUT2D eigenvalue weighted by molar-refractivity contribution is 7.26. The van der Waals surface area contributed by atoms with Crippen molar-refractivity contribution in [3.8, 4) is 44.5 Å². The third-order valence-corrected chi connectivity index (χ3v) is 12.7. The normalized spacial score (nSPS) is 11.4. The summed E-state index contributed by atoms with van der Waals surface area (Å²) < 4.78 is 2.57. The molecule has 2 heteroatoms. The number of thiophene rings is 1. The van der Waals surface area contributed by atoms with Gasteiger partial charge in [-0.1, -0.05) is 194 Å². The number of benzene rings is 10. The molecule has 58 heavy (non-hydrogen) atoms. The summed E-state index contributed by atoms with van der Waals surface area (Å²) in [4.78, 5) is 2.53. The minimum atomic E-state index is 1.11. The lowest BCUT2D eigenvalue weighted by Gasteiger charge is -2.31. The number of hydrogen-bond acceptors (Lipinski definition) is 2. The first-order chi connectivity index (χ1) is 28.8. The Labute approximate surface area is 342 Å². The molecule has 0 saturated heterocycles. The van der Waals surface area contributed by atoms with Crippen LogP contribution in [-0.4, -0.2) is 0 Å². The monoisotopic (exact) mass is 755 g/mol. The van der Waals surface area contributed by atoms with Crippen LogP contribution in [0.2, 0.25) is 0 Å². The maximum absolute atomic E-state index is 2.53. The molecule has 11 aromatic rings. The Morgan fingerprint density at radius 2 is 0.741 bits per heavy atom. The van der Waals surface area contributed by atoms with Crippen LogP contribution in [0.3, 0.4) is 0 Å². The topological polar surface area (TPSA) is 3.24 Å². The molecule has 0 saturated carbocycles. The van der Waals surface area contributed by atoms with Crippen LogP contribution < -0.4 is 4.90 Å². The highest BCUT2D eigenvalue weighted by Gasteiger charge is 2.25. The van der Waals surface area contributed by atoms with E-state index in [0.29, 0.717) is 0 Å². The van der Waals surface area contributed by atoms with Crippen LogP contribution in [0.25, 0.3) is 86.2 Å². The van der Waals surface area contributed by atoms with Gasteiger partial charge in [0.25, 0.3) is 0 Å². The lowest BCUT2D eigenvalue weighted by molar-refractivity contribution is 1.32. The van der Waals surface area contributed by atoms with Crippen molar-refractivity contribution in [1.82, 2.24) is 0 Å². The van der Waals surface area contributed by atoms with Gasteiger partial charge in [0.2, 0.25) is 0 Å². The zero-order valence-electron chi connectivity index (χ0n) is 31.7. The summed E-state index contributed by atoms with van der Waals surface area (Å²) in [6.07, 6.45) is 0. The third-order valence-electron chi connectivity index (χ3n) is 11.5. The Hall–Kier alpha value is -7.26. The first-order valence-electron chi connectivity index (χ1n) is 19.8. The van der Waals surface area contributed by atoms with Crippen molar-refractivity contribution in [2.45, 2.75) is 0 Å². The molecule has 0 fully saturated rings. The number of anilines is 3. The third kappa shape index (κ3) is 5.86. The van der Waals surface area contributed by atoms with Crippen molar-refractivity contribution in [3.63, 3.8) is 0 Å². The molecule has 0 aliphatic carbocycles. The maximum Gasteiger partial charge on any atom is 0.0640 e. The Balaban J connectivity index is 1.09. The number of hydrogen-bond donors (Lipinski definition) is 0. The number of nitrogens with zero attached hydrogens (tertiary/aromatic N) is 1. The highest BCUT2D eigenvalue weighted by Crippen LogP contribution is 2.52. The van der Waals surface area contributed by atoms with Gasteiger partial charge in [0.15, 0.2) is 0 Å². The van der Waals surface area contributed by atoms with Crippen LogP contribution in [0, 0.1) is 0 Å². The summed E-state index contributed by atoms with van der Waals surface area (Å²) in [6, 6.07) is 81.9. The van der Waals surface area contributed by atoms with Gasteiger partial charge in [0.05, 0.1) is 16.1 Å². The predicted molar refractivity (Wildman–Crippen MR) is 251 cm³/mol. The van der Waals surface area contributed by atoms with Gasteiger partial charge < -0.3 is 4.90 Å². The molecule has 1 heterocycles. The average Bonchev–Trinajstić information content (AvgIpc) is 3.70. The van der Waals surface area contributed by atoms with E-state index in [2.05, 4.69) is 229 Å². The lowest BCUT2D eigenvalue weighted by Crippen LogP contribution is -2.12. The zero-order valence-corrected chi connectivity index (χ0v) is 32.5. The SMILES string of the molecule is c1ccc(-c2cccc(-c3ccc(-c4ccc(N(c5c(-c6ccccc6)c6ccccc6c6ccccc56)c5cccc6c5sc5ccccc56)cc4)cc3)c2)cc1. The van der Waals surface area contributed by atoms with Gasteiger partial charge in [-0.3, -0.25) is 0 Å².